The lowest BCUT2D eigenvalue weighted by molar-refractivity contribution is 0.0975. The highest BCUT2D eigenvalue weighted by Gasteiger charge is 2.34. The Kier molecular flexibility index (Phi) is 4.43. The predicted octanol–water partition coefficient (Wildman–Crippen LogP) is 3.23. The first-order chi connectivity index (χ1) is 11.8. The number of halogens is 2. The Hall–Kier alpha value is -2.54. The van der Waals surface area contributed by atoms with E-state index in [0.717, 1.165) is 34.1 Å². The van der Waals surface area contributed by atoms with Crippen LogP contribution >= 0.6 is 0 Å². The standard InChI is InChI=1S/C18H15F2NO3S/c1-12-5-7-13(8-6-12)21(14-9-10-25(23,24)11-14)18(22)17-15(19)3-2-4-16(17)20/h2-10,14H,11H2,1H3/t14-/m0/s1. The average molecular weight is 363 g/mol. The second kappa shape index (κ2) is 6.40. The van der Waals surface area contributed by atoms with Crippen molar-refractivity contribution in [3.8, 4) is 0 Å². The molecule has 1 aliphatic rings. The van der Waals surface area contributed by atoms with Crippen LogP contribution in [0.2, 0.25) is 0 Å². The summed E-state index contributed by atoms with van der Waals surface area (Å²) < 4.78 is 51.6. The second-order valence-corrected chi connectivity index (χ2v) is 7.76. The van der Waals surface area contributed by atoms with E-state index >= 15 is 0 Å². The van der Waals surface area contributed by atoms with Crippen LogP contribution in [-0.2, 0) is 9.84 Å². The third-order valence-corrected chi connectivity index (χ3v) is 5.33. The quantitative estimate of drug-likeness (QED) is 0.841. The number of rotatable bonds is 3. The van der Waals surface area contributed by atoms with Crippen molar-refractivity contribution in [1.82, 2.24) is 0 Å². The summed E-state index contributed by atoms with van der Waals surface area (Å²) in [6.45, 7) is 1.85. The zero-order valence-corrected chi connectivity index (χ0v) is 14.1. The van der Waals surface area contributed by atoms with Crippen molar-refractivity contribution in [2.75, 3.05) is 10.7 Å². The molecule has 2 aromatic carbocycles. The Labute approximate surface area is 144 Å². The Morgan fingerprint density at radius 1 is 1.08 bits per heavy atom. The second-order valence-electron chi connectivity index (χ2n) is 5.83. The van der Waals surface area contributed by atoms with Crippen molar-refractivity contribution in [3.63, 3.8) is 0 Å². The number of carbonyl (C=O) groups is 1. The van der Waals surface area contributed by atoms with Crippen molar-refractivity contribution in [3.05, 3.63) is 76.7 Å². The third kappa shape index (κ3) is 3.46. The van der Waals surface area contributed by atoms with Crippen LogP contribution in [0, 0.1) is 18.6 Å². The van der Waals surface area contributed by atoms with Gasteiger partial charge < -0.3 is 4.90 Å². The molecular weight excluding hydrogens is 348 g/mol. The molecule has 0 saturated carbocycles. The van der Waals surface area contributed by atoms with Crippen LogP contribution < -0.4 is 4.90 Å². The lowest BCUT2D eigenvalue weighted by Gasteiger charge is -2.28. The van der Waals surface area contributed by atoms with E-state index in [1.165, 1.54) is 6.08 Å². The van der Waals surface area contributed by atoms with Gasteiger partial charge in [-0.3, -0.25) is 4.79 Å². The normalized spacial score (nSPS) is 18.3. The number of nitrogens with zero attached hydrogens (tertiary/aromatic N) is 1. The van der Waals surface area contributed by atoms with Gasteiger partial charge in [-0.2, -0.15) is 0 Å². The first-order valence-electron chi connectivity index (χ1n) is 7.54. The van der Waals surface area contributed by atoms with E-state index in [0.29, 0.717) is 5.69 Å². The smallest absolute Gasteiger partial charge is 0.264 e. The van der Waals surface area contributed by atoms with Crippen LogP contribution in [0.5, 0.6) is 0 Å². The predicted molar refractivity (Wildman–Crippen MR) is 91.1 cm³/mol. The lowest BCUT2D eigenvalue weighted by Crippen LogP contribution is -2.42. The Balaban J connectivity index is 2.10. The van der Waals surface area contributed by atoms with Crippen molar-refractivity contribution < 1.29 is 22.0 Å². The van der Waals surface area contributed by atoms with E-state index in [-0.39, 0.29) is 5.75 Å². The van der Waals surface area contributed by atoms with Gasteiger partial charge in [0.1, 0.15) is 17.2 Å². The highest BCUT2D eigenvalue weighted by Crippen LogP contribution is 2.27. The minimum absolute atomic E-state index is 0.331. The maximum absolute atomic E-state index is 14.1. The maximum atomic E-state index is 14.1. The monoisotopic (exact) mass is 363 g/mol. The van der Waals surface area contributed by atoms with Gasteiger partial charge in [0.05, 0.1) is 11.8 Å². The summed E-state index contributed by atoms with van der Waals surface area (Å²) >= 11 is 0. The topological polar surface area (TPSA) is 54.5 Å². The van der Waals surface area contributed by atoms with Crippen molar-refractivity contribution in [2.24, 2.45) is 0 Å². The first-order valence-corrected chi connectivity index (χ1v) is 9.25. The van der Waals surface area contributed by atoms with E-state index < -0.39 is 39.0 Å². The fourth-order valence-corrected chi connectivity index (χ4v) is 3.98. The molecule has 4 nitrogen and oxygen atoms in total. The Bertz CT molecular complexity index is 933. The van der Waals surface area contributed by atoms with Crippen LogP contribution in [-0.4, -0.2) is 26.1 Å². The van der Waals surface area contributed by atoms with Crippen LogP contribution in [0.4, 0.5) is 14.5 Å². The zero-order chi connectivity index (χ0) is 18.2. The molecule has 0 bridgehead atoms. The molecule has 3 rings (SSSR count). The molecule has 1 amide bonds. The SMILES string of the molecule is Cc1ccc(N(C(=O)c2c(F)cccc2F)[C@H]2C=CS(=O)(=O)C2)cc1. The van der Waals surface area contributed by atoms with Gasteiger partial charge in [-0.15, -0.1) is 0 Å². The number of hydrogen-bond donors (Lipinski definition) is 0. The molecule has 7 heteroatoms. The van der Waals surface area contributed by atoms with Gasteiger partial charge in [0.15, 0.2) is 9.84 Å². The molecule has 1 heterocycles. The van der Waals surface area contributed by atoms with Gasteiger partial charge in [-0.25, -0.2) is 17.2 Å². The molecule has 1 aliphatic heterocycles. The maximum Gasteiger partial charge on any atom is 0.264 e. The summed E-state index contributed by atoms with van der Waals surface area (Å²) in [5.74, 6) is -3.24. The van der Waals surface area contributed by atoms with Crippen molar-refractivity contribution in [2.45, 2.75) is 13.0 Å². The number of amides is 1. The molecule has 0 unspecified atom stereocenters. The van der Waals surface area contributed by atoms with E-state index in [1.807, 2.05) is 6.92 Å². The van der Waals surface area contributed by atoms with E-state index in [4.69, 9.17) is 0 Å². The number of benzene rings is 2. The van der Waals surface area contributed by atoms with Gasteiger partial charge in [-0.05, 0) is 37.3 Å². The fraction of sp³-hybridized carbons (Fsp3) is 0.167. The number of anilines is 1. The average Bonchev–Trinajstić information content (AvgIpc) is 2.89. The number of aryl methyl sites for hydroxylation is 1. The Morgan fingerprint density at radius 2 is 1.68 bits per heavy atom. The van der Waals surface area contributed by atoms with Crippen LogP contribution in [0.25, 0.3) is 0 Å². The minimum atomic E-state index is -3.45. The fourth-order valence-electron chi connectivity index (χ4n) is 2.71. The number of hydrogen-bond acceptors (Lipinski definition) is 3. The van der Waals surface area contributed by atoms with E-state index in [2.05, 4.69) is 0 Å². The Morgan fingerprint density at radius 3 is 2.20 bits per heavy atom. The molecule has 0 saturated heterocycles. The highest BCUT2D eigenvalue weighted by atomic mass is 32.2. The summed E-state index contributed by atoms with van der Waals surface area (Å²) in [5.41, 5.74) is 0.591. The molecule has 0 radical (unpaired) electrons. The van der Waals surface area contributed by atoms with Crippen molar-refractivity contribution in [1.29, 1.82) is 0 Å². The minimum Gasteiger partial charge on any atom is -0.300 e. The molecule has 1 atom stereocenters. The van der Waals surface area contributed by atoms with Crippen LogP contribution in [0.15, 0.2) is 53.9 Å². The molecule has 0 aromatic heterocycles. The first kappa shape index (κ1) is 17.3. The van der Waals surface area contributed by atoms with E-state index in [1.54, 1.807) is 24.3 Å². The van der Waals surface area contributed by atoms with Gasteiger partial charge >= 0.3 is 0 Å². The van der Waals surface area contributed by atoms with Crippen LogP contribution in [0.3, 0.4) is 0 Å². The van der Waals surface area contributed by atoms with Crippen molar-refractivity contribution >= 4 is 21.4 Å². The molecule has 0 N–H and O–H groups in total. The molecule has 25 heavy (non-hydrogen) atoms. The lowest BCUT2D eigenvalue weighted by atomic mass is 10.1. The highest BCUT2D eigenvalue weighted by molar-refractivity contribution is 7.94. The summed E-state index contributed by atoms with van der Waals surface area (Å²) in [4.78, 5) is 14.0. The number of sulfone groups is 1. The zero-order valence-electron chi connectivity index (χ0n) is 13.3. The van der Waals surface area contributed by atoms with Gasteiger partial charge in [-0.1, -0.05) is 23.8 Å². The molecule has 130 valence electrons. The van der Waals surface area contributed by atoms with E-state index in [9.17, 15) is 22.0 Å². The third-order valence-electron chi connectivity index (χ3n) is 3.95. The molecular formula is C18H15F2NO3S. The molecule has 2 aromatic rings. The summed E-state index contributed by atoms with van der Waals surface area (Å²) in [7, 11) is -3.45. The number of carbonyl (C=O) groups excluding carboxylic acids is 1. The van der Waals surface area contributed by atoms with Crippen LogP contribution in [0.1, 0.15) is 15.9 Å². The molecule has 0 spiro atoms. The summed E-state index contributed by atoms with van der Waals surface area (Å²) in [6, 6.07) is 9.02. The molecule has 0 fully saturated rings. The molecule has 0 aliphatic carbocycles. The summed E-state index contributed by atoms with van der Waals surface area (Å²) in [5, 5.41) is 1.02. The largest absolute Gasteiger partial charge is 0.300 e. The summed E-state index contributed by atoms with van der Waals surface area (Å²) in [6.07, 6.45) is 1.35. The van der Waals surface area contributed by atoms with Gasteiger partial charge in [0, 0.05) is 11.1 Å². The van der Waals surface area contributed by atoms with Gasteiger partial charge in [0.2, 0.25) is 0 Å². The van der Waals surface area contributed by atoms with Gasteiger partial charge in [0.25, 0.3) is 5.91 Å².